The highest BCUT2D eigenvalue weighted by atomic mass is 16.4. The Morgan fingerprint density at radius 2 is 1.82 bits per heavy atom. The number of rotatable bonds is 7. The molecule has 1 aromatic carbocycles. The number of carboxylic acid groups (broad SMARTS) is 1. The summed E-state index contributed by atoms with van der Waals surface area (Å²) in [6, 6.07) is 5.79. The van der Waals surface area contributed by atoms with E-state index in [1.54, 1.807) is 0 Å². The maximum Gasteiger partial charge on any atom is 0.319 e. The molecule has 5 nitrogen and oxygen atoms in total. The van der Waals surface area contributed by atoms with Crippen LogP contribution in [0.4, 0.5) is 10.5 Å². The van der Waals surface area contributed by atoms with Crippen molar-refractivity contribution in [1.82, 2.24) is 5.32 Å². The van der Waals surface area contributed by atoms with Crippen LogP contribution in [-0.4, -0.2) is 23.7 Å². The number of hydrogen-bond donors (Lipinski definition) is 3. The third kappa shape index (κ3) is 5.76. The summed E-state index contributed by atoms with van der Waals surface area (Å²) >= 11 is 0. The summed E-state index contributed by atoms with van der Waals surface area (Å²) in [5.41, 5.74) is 3.15. The number of aliphatic carboxylic acids is 1. The van der Waals surface area contributed by atoms with Gasteiger partial charge in [-0.25, -0.2) is 4.79 Å². The van der Waals surface area contributed by atoms with Gasteiger partial charge >= 0.3 is 12.0 Å². The molecule has 0 aliphatic rings. The molecule has 0 bridgehead atoms. The van der Waals surface area contributed by atoms with Crippen LogP contribution in [0.5, 0.6) is 0 Å². The van der Waals surface area contributed by atoms with E-state index < -0.39 is 5.97 Å². The number of amides is 2. The van der Waals surface area contributed by atoms with Gasteiger partial charge in [-0.3, -0.25) is 4.79 Å². The highest BCUT2D eigenvalue weighted by molar-refractivity contribution is 5.90. The quantitative estimate of drug-likeness (QED) is 0.668. The van der Waals surface area contributed by atoms with Crippen LogP contribution in [0.2, 0.25) is 0 Å². The Kier molecular flexibility index (Phi) is 6.89. The van der Waals surface area contributed by atoms with Crippen LogP contribution in [0, 0.1) is 0 Å². The van der Waals surface area contributed by atoms with Crippen molar-refractivity contribution in [3.8, 4) is 0 Å². The van der Waals surface area contributed by atoms with Crippen molar-refractivity contribution < 1.29 is 14.7 Å². The Morgan fingerprint density at radius 3 is 2.36 bits per heavy atom. The molecule has 2 amide bonds. The van der Waals surface area contributed by atoms with Crippen molar-refractivity contribution in [2.75, 3.05) is 11.9 Å². The molecular weight excluding hydrogens is 280 g/mol. The van der Waals surface area contributed by atoms with E-state index in [1.165, 1.54) is 5.56 Å². The summed E-state index contributed by atoms with van der Waals surface area (Å²) in [6.45, 7) is 8.81. The topological polar surface area (TPSA) is 78.4 Å². The van der Waals surface area contributed by atoms with Gasteiger partial charge in [-0.2, -0.15) is 0 Å². The van der Waals surface area contributed by atoms with Crippen LogP contribution >= 0.6 is 0 Å². The molecule has 1 aromatic rings. The fraction of sp³-hybridized carbons (Fsp3) is 0.529. The van der Waals surface area contributed by atoms with Crippen LogP contribution in [0.25, 0.3) is 0 Å². The fourth-order valence-electron chi connectivity index (χ4n) is 2.14. The summed E-state index contributed by atoms with van der Waals surface area (Å²) in [6.07, 6.45) is 0.479. The van der Waals surface area contributed by atoms with Crippen molar-refractivity contribution in [2.24, 2.45) is 0 Å². The lowest BCUT2D eigenvalue weighted by Crippen LogP contribution is -2.30. The van der Waals surface area contributed by atoms with E-state index in [2.05, 4.69) is 44.4 Å². The van der Waals surface area contributed by atoms with Crippen molar-refractivity contribution in [1.29, 1.82) is 0 Å². The first-order chi connectivity index (χ1) is 10.3. The molecule has 3 N–H and O–H groups in total. The third-order valence-electron chi connectivity index (χ3n) is 3.47. The number of urea groups is 1. The molecule has 0 heterocycles. The number of carbonyl (C=O) groups excluding carboxylic acids is 1. The summed E-state index contributed by atoms with van der Waals surface area (Å²) < 4.78 is 0. The zero-order chi connectivity index (χ0) is 16.7. The minimum atomic E-state index is -0.853. The zero-order valence-electron chi connectivity index (χ0n) is 13.8. The van der Waals surface area contributed by atoms with Crippen LogP contribution in [0.15, 0.2) is 18.2 Å². The van der Waals surface area contributed by atoms with Gasteiger partial charge in [-0.05, 0) is 35.4 Å². The molecule has 0 unspecified atom stereocenters. The Hall–Kier alpha value is -2.04. The Bertz CT molecular complexity index is 525. The van der Waals surface area contributed by atoms with Gasteiger partial charge in [0.2, 0.25) is 0 Å². The molecule has 0 radical (unpaired) electrons. The van der Waals surface area contributed by atoms with Gasteiger partial charge in [0.05, 0.1) is 0 Å². The molecule has 1 rings (SSSR count). The molecule has 0 spiro atoms. The SMILES string of the molecule is CC(C)c1ccc(NC(=O)NCCCC(=O)O)c(C(C)C)c1. The number of anilines is 1. The van der Waals surface area contributed by atoms with E-state index in [4.69, 9.17) is 5.11 Å². The average molecular weight is 306 g/mol. The molecule has 0 fully saturated rings. The molecule has 5 heteroatoms. The maximum atomic E-state index is 11.9. The lowest BCUT2D eigenvalue weighted by atomic mass is 9.94. The van der Waals surface area contributed by atoms with Gasteiger partial charge in [0.15, 0.2) is 0 Å². The molecule has 0 aliphatic heterocycles. The molecule has 0 saturated heterocycles. The minimum absolute atomic E-state index is 0.0562. The number of carboxylic acids is 1. The van der Waals surface area contributed by atoms with Crippen molar-refractivity contribution >= 4 is 17.7 Å². The Morgan fingerprint density at radius 1 is 1.14 bits per heavy atom. The van der Waals surface area contributed by atoms with Crippen LogP contribution in [0.3, 0.4) is 0 Å². The van der Waals surface area contributed by atoms with Gasteiger partial charge < -0.3 is 15.7 Å². The number of carbonyl (C=O) groups is 2. The number of nitrogens with one attached hydrogen (secondary N) is 2. The Balaban J connectivity index is 2.67. The van der Waals surface area contributed by atoms with Crippen LogP contribution < -0.4 is 10.6 Å². The van der Waals surface area contributed by atoms with Crippen LogP contribution in [-0.2, 0) is 4.79 Å². The van der Waals surface area contributed by atoms with Crippen molar-refractivity contribution in [3.05, 3.63) is 29.3 Å². The maximum absolute atomic E-state index is 11.9. The molecule has 0 aromatic heterocycles. The van der Waals surface area contributed by atoms with Gasteiger partial charge in [0.1, 0.15) is 0 Å². The van der Waals surface area contributed by atoms with E-state index in [-0.39, 0.29) is 12.5 Å². The highest BCUT2D eigenvalue weighted by Gasteiger charge is 2.12. The highest BCUT2D eigenvalue weighted by Crippen LogP contribution is 2.28. The summed E-state index contributed by atoms with van der Waals surface area (Å²) in [4.78, 5) is 22.3. The van der Waals surface area contributed by atoms with Gasteiger partial charge in [-0.15, -0.1) is 0 Å². The van der Waals surface area contributed by atoms with E-state index >= 15 is 0 Å². The zero-order valence-corrected chi connectivity index (χ0v) is 13.8. The lowest BCUT2D eigenvalue weighted by Gasteiger charge is -2.17. The predicted molar refractivity (Wildman–Crippen MR) is 88.5 cm³/mol. The van der Waals surface area contributed by atoms with Gasteiger partial charge in [0, 0.05) is 18.7 Å². The van der Waals surface area contributed by atoms with Crippen molar-refractivity contribution in [3.63, 3.8) is 0 Å². The van der Waals surface area contributed by atoms with E-state index in [9.17, 15) is 9.59 Å². The average Bonchev–Trinajstić information content (AvgIpc) is 2.43. The van der Waals surface area contributed by atoms with E-state index in [1.807, 2.05) is 12.1 Å². The number of benzene rings is 1. The first-order valence-corrected chi connectivity index (χ1v) is 7.71. The number of hydrogen-bond acceptors (Lipinski definition) is 2. The molecule has 0 atom stereocenters. The summed E-state index contributed by atoms with van der Waals surface area (Å²) in [5, 5.41) is 14.1. The third-order valence-corrected chi connectivity index (χ3v) is 3.47. The molecule has 0 saturated carbocycles. The molecule has 122 valence electrons. The monoisotopic (exact) mass is 306 g/mol. The largest absolute Gasteiger partial charge is 0.481 e. The minimum Gasteiger partial charge on any atom is -0.481 e. The summed E-state index contributed by atoms with van der Waals surface area (Å²) in [7, 11) is 0. The first kappa shape index (κ1) is 18.0. The van der Waals surface area contributed by atoms with Gasteiger partial charge in [0.25, 0.3) is 0 Å². The second-order valence-corrected chi connectivity index (χ2v) is 6.03. The first-order valence-electron chi connectivity index (χ1n) is 7.71. The lowest BCUT2D eigenvalue weighted by molar-refractivity contribution is -0.137. The van der Waals surface area contributed by atoms with Crippen LogP contribution in [0.1, 0.15) is 63.5 Å². The smallest absolute Gasteiger partial charge is 0.319 e. The molecule has 22 heavy (non-hydrogen) atoms. The van der Waals surface area contributed by atoms with Gasteiger partial charge in [-0.1, -0.05) is 39.8 Å². The predicted octanol–water partition coefficient (Wildman–Crippen LogP) is 3.92. The second-order valence-electron chi connectivity index (χ2n) is 6.03. The normalized spacial score (nSPS) is 10.8. The summed E-state index contributed by atoms with van der Waals surface area (Å²) in [5.74, 6) is -0.106. The van der Waals surface area contributed by atoms with E-state index in [0.717, 1.165) is 11.3 Å². The standard InChI is InChI=1S/C17H26N2O3/c1-11(2)13-7-8-15(14(10-13)12(3)4)19-17(22)18-9-5-6-16(20)21/h7-8,10-12H,5-6,9H2,1-4H3,(H,20,21)(H2,18,19,22). The fourth-order valence-corrected chi connectivity index (χ4v) is 2.14. The van der Waals surface area contributed by atoms with E-state index in [0.29, 0.717) is 24.8 Å². The molecular formula is C17H26N2O3. The second kappa shape index (κ2) is 8.41. The van der Waals surface area contributed by atoms with Crippen molar-refractivity contribution in [2.45, 2.75) is 52.4 Å². The Labute approximate surface area is 132 Å². The molecule has 0 aliphatic carbocycles.